The van der Waals surface area contributed by atoms with E-state index in [-0.39, 0.29) is 0 Å². The molecule has 0 unspecified atom stereocenters. The van der Waals surface area contributed by atoms with Gasteiger partial charge in [-0.2, -0.15) is 0 Å². The predicted molar refractivity (Wildman–Crippen MR) is 74.3 cm³/mol. The number of hydrogen-bond donors (Lipinski definition) is 0. The Hall–Kier alpha value is -1.64. The van der Waals surface area contributed by atoms with Crippen LogP contribution in [0.3, 0.4) is 0 Å². The van der Waals surface area contributed by atoms with Gasteiger partial charge in [0, 0.05) is 14.2 Å². The zero-order valence-electron chi connectivity index (χ0n) is 11.0. The third-order valence-electron chi connectivity index (χ3n) is 2.31. The molecule has 2 nitrogen and oxygen atoms in total. The molecule has 0 atom stereocenters. The van der Waals surface area contributed by atoms with E-state index in [2.05, 4.69) is 0 Å². The molecule has 0 aliphatic heterocycles. The van der Waals surface area contributed by atoms with Crippen molar-refractivity contribution in [3.8, 4) is 0 Å². The Morgan fingerprint density at radius 1 is 0.611 bits per heavy atom. The van der Waals surface area contributed by atoms with Crippen LogP contribution < -0.4 is 0 Å². The summed E-state index contributed by atoms with van der Waals surface area (Å²) >= 11 is 0. The van der Waals surface area contributed by atoms with E-state index in [1.165, 1.54) is 11.1 Å². The molecular formula is C16H20O2. The van der Waals surface area contributed by atoms with Gasteiger partial charge in [0.15, 0.2) is 0 Å². The van der Waals surface area contributed by atoms with Crippen LogP contribution in [-0.4, -0.2) is 14.2 Å². The number of ether oxygens (including phenoxy) is 2. The Bertz CT molecular complexity index is 356. The summed E-state index contributed by atoms with van der Waals surface area (Å²) in [6, 6.07) is 20.2. The van der Waals surface area contributed by atoms with Crippen LogP contribution in [0.15, 0.2) is 60.7 Å². The predicted octanol–water partition coefficient (Wildman–Crippen LogP) is 3.67. The molecule has 0 saturated carbocycles. The molecule has 0 aromatic heterocycles. The third-order valence-corrected chi connectivity index (χ3v) is 2.31. The van der Waals surface area contributed by atoms with Gasteiger partial charge in [0.2, 0.25) is 0 Å². The zero-order chi connectivity index (χ0) is 13.1. The van der Waals surface area contributed by atoms with Gasteiger partial charge in [-0.3, -0.25) is 0 Å². The van der Waals surface area contributed by atoms with Crippen LogP contribution in [0.4, 0.5) is 0 Å². The molecule has 2 rings (SSSR count). The first-order valence-electron chi connectivity index (χ1n) is 5.92. The summed E-state index contributed by atoms with van der Waals surface area (Å²) in [6.45, 7) is 1.42. The maximum Gasteiger partial charge on any atom is 0.0713 e. The Balaban J connectivity index is 0.000000180. The highest BCUT2D eigenvalue weighted by Crippen LogP contribution is 1.98. The van der Waals surface area contributed by atoms with E-state index in [1.54, 1.807) is 14.2 Å². The van der Waals surface area contributed by atoms with Gasteiger partial charge in [-0.05, 0) is 11.1 Å². The van der Waals surface area contributed by atoms with Gasteiger partial charge >= 0.3 is 0 Å². The lowest BCUT2D eigenvalue weighted by Crippen LogP contribution is -1.84. The van der Waals surface area contributed by atoms with Gasteiger partial charge in [-0.1, -0.05) is 60.7 Å². The van der Waals surface area contributed by atoms with Crippen LogP contribution >= 0.6 is 0 Å². The Kier molecular flexibility index (Phi) is 7.53. The van der Waals surface area contributed by atoms with Crippen molar-refractivity contribution in [3.63, 3.8) is 0 Å². The Labute approximate surface area is 109 Å². The van der Waals surface area contributed by atoms with E-state index in [0.29, 0.717) is 13.2 Å². The second-order valence-electron chi connectivity index (χ2n) is 3.84. The molecule has 2 aromatic rings. The van der Waals surface area contributed by atoms with Crippen LogP contribution in [0, 0.1) is 0 Å². The molecule has 18 heavy (non-hydrogen) atoms. The fourth-order valence-electron chi connectivity index (χ4n) is 1.48. The number of benzene rings is 2. The summed E-state index contributed by atoms with van der Waals surface area (Å²) in [5.74, 6) is 0. The molecule has 0 spiro atoms. The standard InChI is InChI=1S/2C8H10O/c2*1-9-7-8-5-3-2-4-6-8/h2*2-6H,7H2,1H3. The molecule has 0 bridgehead atoms. The van der Waals surface area contributed by atoms with Crippen LogP contribution in [0.25, 0.3) is 0 Å². The molecule has 2 heteroatoms. The topological polar surface area (TPSA) is 18.5 Å². The largest absolute Gasteiger partial charge is 0.380 e. The number of hydrogen-bond acceptors (Lipinski definition) is 2. The van der Waals surface area contributed by atoms with Crippen molar-refractivity contribution in [3.05, 3.63) is 71.8 Å². The third kappa shape index (κ3) is 6.18. The van der Waals surface area contributed by atoms with Gasteiger partial charge in [-0.15, -0.1) is 0 Å². The van der Waals surface area contributed by atoms with Gasteiger partial charge in [0.1, 0.15) is 0 Å². The van der Waals surface area contributed by atoms with Gasteiger partial charge in [-0.25, -0.2) is 0 Å². The van der Waals surface area contributed by atoms with Crippen molar-refractivity contribution in [2.24, 2.45) is 0 Å². The molecule has 0 fully saturated rings. The van der Waals surface area contributed by atoms with Crippen molar-refractivity contribution in [1.82, 2.24) is 0 Å². The van der Waals surface area contributed by atoms with Crippen molar-refractivity contribution in [2.45, 2.75) is 13.2 Å². The quantitative estimate of drug-likeness (QED) is 0.817. The molecule has 0 N–H and O–H groups in total. The minimum atomic E-state index is 0.709. The molecule has 0 aliphatic carbocycles. The minimum Gasteiger partial charge on any atom is -0.380 e. The first-order chi connectivity index (χ1) is 8.86. The summed E-state index contributed by atoms with van der Waals surface area (Å²) < 4.78 is 9.86. The van der Waals surface area contributed by atoms with Crippen LogP contribution in [-0.2, 0) is 22.7 Å². The minimum absolute atomic E-state index is 0.709. The highest BCUT2D eigenvalue weighted by Gasteiger charge is 1.85. The molecule has 0 saturated heterocycles. The summed E-state index contributed by atoms with van der Waals surface area (Å²) in [5, 5.41) is 0. The van der Waals surface area contributed by atoms with Crippen molar-refractivity contribution < 1.29 is 9.47 Å². The van der Waals surface area contributed by atoms with E-state index < -0.39 is 0 Å². The maximum atomic E-state index is 4.93. The SMILES string of the molecule is COCc1ccccc1.COCc1ccccc1. The van der Waals surface area contributed by atoms with E-state index in [4.69, 9.17) is 9.47 Å². The van der Waals surface area contributed by atoms with Crippen LogP contribution in [0.1, 0.15) is 11.1 Å². The summed E-state index contributed by atoms with van der Waals surface area (Å²) in [5.41, 5.74) is 2.44. The lowest BCUT2D eigenvalue weighted by molar-refractivity contribution is 0.185. The fourth-order valence-corrected chi connectivity index (χ4v) is 1.48. The molecule has 96 valence electrons. The number of methoxy groups -OCH3 is 2. The average molecular weight is 244 g/mol. The van der Waals surface area contributed by atoms with Gasteiger partial charge < -0.3 is 9.47 Å². The molecule has 0 heterocycles. The molecule has 2 aromatic carbocycles. The second kappa shape index (κ2) is 9.40. The van der Waals surface area contributed by atoms with E-state index in [9.17, 15) is 0 Å². The van der Waals surface area contributed by atoms with Crippen molar-refractivity contribution >= 4 is 0 Å². The Morgan fingerprint density at radius 2 is 0.944 bits per heavy atom. The van der Waals surface area contributed by atoms with Crippen LogP contribution in [0.5, 0.6) is 0 Å². The smallest absolute Gasteiger partial charge is 0.0713 e. The van der Waals surface area contributed by atoms with E-state index in [1.807, 2.05) is 60.7 Å². The van der Waals surface area contributed by atoms with Crippen LogP contribution in [0.2, 0.25) is 0 Å². The molecule has 0 radical (unpaired) electrons. The highest BCUT2D eigenvalue weighted by molar-refractivity contribution is 5.13. The maximum absolute atomic E-state index is 4.93. The first kappa shape index (κ1) is 14.4. The van der Waals surface area contributed by atoms with Gasteiger partial charge in [0.25, 0.3) is 0 Å². The van der Waals surface area contributed by atoms with E-state index in [0.717, 1.165) is 0 Å². The monoisotopic (exact) mass is 244 g/mol. The summed E-state index contributed by atoms with van der Waals surface area (Å²) in [6.07, 6.45) is 0. The first-order valence-corrected chi connectivity index (χ1v) is 5.92. The number of rotatable bonds is 4. The van der Waals surface area contributed by atoms with Gasteiger partial charge in [0.05, 0.1) is 13.2 Å². The fraction of sp³-hybridized carbons (Fsp3) is 0.250. The average Bonchev–Trinajstić information content (AvgIpc) is 2.43. The van der Waals surface area contributed by atoms with Crippen molar-refractivity contribution in [1.29, 1.82) is 0 Å². The summed E-state index contributed by atoms with van der Waals surface area (Å²) in [7, 11) is 3.40. The highest BCUT2D eigenvalue weighted by atomic mass is 16.5. The molecular weight excluding hydrogens is 224 g/mol. The lowest BCUT2D eigenvalue weighted by Gasteiger charge is -1.95. The normalized spacial score (nSPS) is 9.44. The molecule has 0 aliphatic rings. The summed E-state index contributed by atoms with van der Waals surface area (Å²) in [4.78, 5) is 0. The lowest BCUT2D eigenvalue weighted by atomic mass is 10.2. The molecule has 0 amide bonds. The van der Waals surface area contributed by atoms with E-state index >= 15 is 0 Å². The zero-order valence-corrected chi connectivity index (χ0v) is 11.0. The van der Waals surface area contributed by atoms with Crippen molar-refractivity contribution in [2.75, 3.05) is 14.2 Å². The Morgan fingerprint density at radius 3 is 1.22 bits per heavy atom. The second-order valence-corrected chi connectivity index (χ2v) is 3.84.